The first kappa shape index (κ1) is 24.1. The maximum atomic E-state index is 11.5. The number of para-hydroxylation sites is 1. The second-order valence-electron chi connectivity index (χ2n) is 8.26. The number of fused-ring (bicyclic) bond motifs is 1. The van der Waals surface area contributed by atoms with Crippen LogP contribution < -0.4 is 4.74 Å². The Morgan fingerprint density at radius 2 is 2.13 bits per heavy atom. The maximum absolute atomic E-state index is 11.5. The lowest BCUT2D eigenvalue weighted by Crippen LogP contribution is -2.22. The molecule has 1 heterocycles. The van der Waals surface area contributed by atoms with Crippen LogP contribution in [-0.2, 0) is 14.3 Å². The van der Waals surface area contributed by atoms with Gasteiger partial charge in [-0.25, -0.2) is 0 Å². The van der Waals surface area contributed by atoms with Crippen LogP contribution in [0.15, 0.2) is 42.5 Å². The molecule has 2 aliphatic rings. The molecule has 31 heavy (non-hydrogen) atoms. The number of hydrogen-bond acceptors (Lipinski definition) is 7. The Hall–Kier alpha value is -1.54. The minimum atomic E-state index is -0.731. The van der Waals surface area contributed by atoms with Gasteiger partial charge in [0.25, 0.3) is 0 Å². The zero-order valence-electron chi connectivity index (χ0n) is 18.1. The molecule has 1 aliphatic carbocycles. The molecule has 0 spiro atoms. The lowest BCUT2D eigenvalue weighted by molar-refractivity contribution is -0.139. The van der Waals surface area contributed by atoms with Crippen LogP contribution in [0.4, 0.5) is 0 Å². The van der Waals surface area contributed by atoms with Crippen LogP contribution in [0.3, 0.4) is 0 Å². The molecule has 0 bridgehead atoms. The van der Waals surface area contributed by atoms with Crippen molar-refractivity contribution in [1.82, 2.24) is 0 Å². The molecule has 1 aliphatic heterocycles. The van der Waals surface area contributed by atoms with E-state index in [9.17, 15) is 15.0 Å². The van der Waals surface area contributed by atoms with E-state index in [0.717, 1.165) is 24.3 Å². The van der Waals surface area contributed by atoms with Crippen LogP contribution in [0.1, 0.15) is 26.2 Å². The van der Waals surface area contributed by atoms with Gasteiger partial charge < -0.3 is 24.4 Å². The Morgan fingerprint density at radius 3 is 2.90 bits per heavy atom. The number of esters is 1. The van der Waals surface area contributed by atoms with Gasteiger partial charge in [-0.3, -0.25) is 4.79 Å². The predicted octanol–water partition coefficient (Wildman–Crippen LogP) is 3.07. The van der Waals surface area contributed by atoms with Gasteiger partial charge in [-0.1, -0.05) is 30.4 Å². The van der Waals surface area contributed by atoms with E-state index < -0.39 is 12.2 Å². The van der Waals surface area contributed by atoms with Crippen molar-refractivity contribution in [2.75, 3.05) is 31.3 Å². The third-order valence-corrected chi connectivity index (χ3v) is 7.09. The van der Waals surface area contributed by atoms with Crippen molar-refractivity contribution in [2.24, 2.45) is 17.8 Å². The normalized spacial score (nSPS) is 29.3. The average molecular weight is 451 g/mol. The number of rotatable bonds is 10. The minimum Gasteiger partial charge on any atom is -0.491 e. The summed E-state index contributed by atoms with van der Waals surface area (Å²) < 4.78 is 16.7. The van der Waals surface area contributed by atoms with Crippen LogP contribution in [0.5, 0.6) is 5.75 Å². The number of ether oxygens (including phenoxy) is 3. The van der Waals surface area contributed by atoms with Gasteiger partial charge in [-0.05, 0) is 49.5 Å². The van der Waals surface area contributed by atoms with Crippen molar-refractivity contribution in [3.8, 4) is 5.75 Å². The lowest BCUT2D eigenvalue weighted by Gasteiger charge is -2.21. The predicted molar refractivity (Wildman–Crippen MR) is 121 cm³/mol. The summed E-state index contributed by atoms with van der Waals surface area (Å²) >= 11 is 1.60. The smallest absolute Gasteiger partial charge is 0.315 e. The standard InChI is InChI=1S/C24H34O6S/c1-2-28-24(27)16-31-15-17-8-10-21-20(22(26)12-23(21)30-13-17)11-9-18(25)14-29-19-6-4-3-5-7-19/h3-7,9,11,17-18,20-23,25-26H,2,8,10,12-16H2,1H3/t17-,18+,20+,21+,22+,23-/m0/s1. The van der Waals surface area contributed by atoms with E-state index in [1.54, 1.807) is 17.8 Å². The Morgan fingerprint density at radius 1 is 1.32 bits per heavy atom. The fourth-order valence-electron chi connectivity index (χ4n) is 4.37. The fourth-order valence-corrected chi connectivity index (χ4v) is 5.33. The van der Waals surface area contributed by atoms with Gasteiger partial charge in [0.1, 0.15) is 18.5 Å². The van der Waals surface area contributed by atoms with Gasteiger partial charge in [0.05, 0.1) is 31.2 Å². The zero-order valence-corrected chi connectivity index (χ0v) is 18.9. The highest BCUT2D eigenvalue weighted by molar-refractivity contribution is 7.99. The van der Waals surface area contributed by atoms with Crippen molar-refractivity contribution >= 4 is 17.7 Å². The summed E-state index contributed by atoms with van der Waals surface area (Å²) in [6.07, 6.45) is 5.13. The molecule has 0 radical (unpaired) electrons. The Balaban J connectivity index is 1.45. The number of benzene rings is 1. The van der Waals surface area contributed by atoms with Gasteiger partial charge in [0.2, 0.25) is 0 Å². The lowest BCUT2D eigenvalue weighted by atomic mass is 9.87. The van der Waals surface area contributed by atoms with Gasteiger partial charge in [-0.2, -0.15) is 0 Å². The average Bonchev–Trinajstić information content (AvgIpc) is 2.93. The molecular weight excluding hydrogens is 416 g/mol. The summed E-state index contributed by atoms with van der Waals surface area (Å²) in [6, 6.07) is 9.40. The molecule has 0 aromatic heterocycles. The molecule has 1 saturated carbocycles. The molecule has 6 nitrogen and oxygen atoms in total. The highest BCUT2D eigenvalue weighted by Gasteiger charge is 2.43. The fraction of sp³-hybridized carbons (Fsp3) is 0.625. The topological polar surface area (TPSA) is 85.2 Å². The van der Waals surface area contributed by atoms with Gasteiger partial charge >= 0.3 is 5.97 Å². The molecule has 172 valence electrons. The number of aliphatic hydroxyl groups excluding tert-OH is 2. The van der Waals surface area contributed by atoms with Crippen LogP contribution in [0.2, 0.25) is 0 Å². The van der Waals surface area contributed by atoms with E-state index in [1.807, 2.05) is 43.3 Å². The van der Waals surface area contributed by atoms with Crippen molar-refractivity contribution in [2.45, 2.75) is 44.5 Å². The SMILES string of the molecule is CCOC(=O)CSC[C@H]1CC[C@@H]2[C@@H](C=C[C@@H](O)COc3ccccc3)[C@H](O)C[C@@H]2OC1. The summed E-state index contributed by atoms with van der Waals surface area (Å²) in [7, 11) is 0. The molecular formula is C24H34O6S. The molecule has 0 amide bonds. The van der Waals surface area contributed by atoms with Crippen LogP contribution in [0, 0.1) is 17.8 Å². The molecule has 1 aromatic carbocycles. The minimum absolute atomic E-state index is 0.0256. The zero-order chi connectivity index (χ0) is 22.1. The Labute approximate surface area is 189 Å². The second kappa shape index (κ2) is 12.5. The number of aliphatic hydroxyl groups is 2. The first-order valence-electron chi connectivity index (χ1n) is 11.1. The van der Waals surface area contributed by atoms with E-state index in [4.69, 9.17) is 14.2 Å². The quantitative estimate of drug-likeness (QED) is 0.419. The summed E-state index contributed by atoms with van der Waals surface area (Å²) in [5.74, 6) is 2.43. The van der Waals surface area contributed by atoms with Crippen LogP contribution >= 0.6 is 11.8 Å². The number of hydrogen-bond donors (Lipinski definition) is 2. The second-order valence-corrected chi connectivity index (χ2v) is 9.29. The van der Waals surface area contributed by atoms with Crippen LogP contribution in [-0.4, -0.2) is 65.8 Å². The van der Waals surface area contributed by atoms with Crippen molar-refractivity contribution in [3.05, 3.63) is 42.5 Å². The summed E-state index contributed by atoms with van der Waals surface area (Å²) in [5.41, 5.74) is 0. The van der Waals surface area contributed by atoms with Crippen molar-refractivity contribution in [1.29, 1.82) is 0 Å². The third-order valence-electron chi connectivity index (χ3n) is 5.94. The van der Waals surface area contributed by atoms with E-state index >= 15 is 0 Å². The van der Waals surface area contributed by atoms with E-state index in [-0.39, 0.29) is 30.5 Å². The first-order chi connectivity index (χ1) is 15.1. The summed E-state index contributed by atoms with van der Waals surface area (Å²) in [4.78, 5) is 11.5. The molecule has 2 fully saturated rings. The van der Waals surface area contributed by atoms with Gasteiger partial charge in [0, 0.05) is 12.3 Å². The molecule has 7 heteroatoms. The van der Waals surface area contributed by atoms with Gasteiger partial charge in [-0.15, -0.1) is 11.8 Å². The van der Waals surface area contributed by atoms with Crippen molar-refractivity contribution < 1.29 is 29.2 Å². The summed E-state index contributed by atoms with van der Waals surface area (Å²) in [6.45, 7) is 3.07. The highest BCUT2D eigenvalue weighted by atomic mass is 32.2. The molecule has 6 atom stereocenters. The molecule has 1 aromatic rings. The van der Waals surface area contributed by atoms with Crippen LogP contribution in [0.25, 0.3) is 0 Å². The van der Waals surface area contributed by atoms with E-state index in [1.165, 1.54) is 0 Å². The summed E-state index contributed by atoms with van der Waals surface area (Å²) in [5, 5.41) is 20.8. The molecule has 3 rings (SSSR count). The van der Waals surface area contributed by atoms with E-state index in [2.05, 4.69) is 0 Å². The highest BCUT2D eigenvalue weighted by Crippen LogP contribution is 2.41. The number of thioether (sulfide) groups is 1. The molecule has 0 unspecified atom stereocenters. The largest absolute Gasteiger partial charge is 0.491 e. The third kappa shape index (κ3) is 7.52. The Bertz CT molecular complexity index is 697. The van der Waals surface area contributed by atoms with Crippen molar-refractivity contribution in [3.63, 3.8) is 0 Å². The Kier molecular flexibility index (Phi) is 9.71. The first-order valence-corrected chi connectivity index (χ1v) is 12.3. The van der Waals surface area contributed by atoms with Gasteiger partial charge in [0.15, 0.2) is 0 Å². The molecule has 2 N–H and O–H groups in total. The van der Waals surface area contributed by atoms with E-state index in [0.29, 0.717) is 31.3 Å². The number of carbonyl (C=O) groups is 1. The molecule has 1 saturated heterocycles. The maximum Gasteiger partial charge on any atom is 0.315 e. The number of carbonyl (C=O) groups excluding carboxylic acids is 1. The monoisotopic (exact) mass is 450 g/mol.